The van der Waals surface area contributed by atoms with E-state index in [1.165, 1.54) is 12.1 Å². The van der Waals surface area contributed by atoms with Crippen molar-refractivity contribution in [1.29, 1.82) is 0 Å². The zero-order valence-electron chi connectivity index (χ0n) is 15.6. The van der Waals surface area contributed by atoms with Crippen LogP contribution in [0.5, 0.6) is 23.0 Å². The van der Waals surface area contributed by atoms with Gasteiger partial charge in [-0.05, 0) is 35.9 Å². The summed E-state index contributed by atoms with van der Waals surface area (Å²) in [6, 6.07) is 17.2. The van der Waals surface area contributed by atoms with Gasteiger partial charge >= 0.3 is 5.97 Å². The van der Waals surface area contributed by atoms with Gasteiger partial charge in [-0.15, -0.1) is 0 Å². The lowest BCUT2D eigenvalue weighted by atomic mass is 9.77. The summed E-state index contributed by atoms with van der Waals surface area (Å²) in [7, 11) is 0. The van der Waals surface area contributed by atoms with Gasteiger partial charge < -0.3 is 19.3 Å². The van der Waals surface area contributed by atoms with Crippen LogP contribution in [0.15, 0.2) is 65.8 Å². The lowest BCUT2D eigenvalue weighted by molar-refractivity contribution is 0.0224. The van der Waals surface area contributed by atoms with Crippen molar-refractivity contribution >= 4 is 5.97 Å². The van der Waals surface area contributed by atoms with Crippen LogP contribution in [0, 0.1) is 0 Å². The molecule has 1 N–H and O–H groups in total. The van der Waals surface area contributed by atoms with Crippen LogP contribution in [-0.4, -0.2) is 24.2 Å². The predicted molar refractivity (Wildman–Crippen MR) is 106 cm³/mol. The van der Waals surface area contributed by atoms with Crippen LogP contribution in [0.1, 0.15) is 27.0 Å². The fourth-order valence-corrected chi connectivity index (χ4v) is 3.98. The number of hydrogen-bond donors (Lipinski definition) is 1. The number of benzene rings is 3. The standard InChI is InChI=1S/C22H15N3O5/c23-25-24-9-10-28-14-6-8-18-20(12-14)29-19-11-13(26)5-7-17(19)22(18)16-4-2-1-3-15(16)21(27)30-22/h1-8,11-12,26H,9-10H2. The van der Waals surface area contributed by atoms with Gasteiger partial charge in [-0.25, -0.2) is 4.79 Å². The summed E-state index contributed by atoms with van der Waals surface area (Å²) in [6.45, 7) is 0.406. The minimum absolute atomic E-state index is 0.0340. The van der Waals surface area contributed by atoms with Gasteiger partial charge in [-0.2, -0.15) is 0 Å². The largest absolute Gasteiger partial charge is 0.508 e. The summed E-state index contributed by atoms with van der Waals surface area (Å²) in [5.74, 6) is 0.953. The van der Waals surface area contributed by atoms with Crippen LogP contribution in [0.2, 0.25) is 0 Å². The number of carbonyl (C=O) groups is 1. The third-order valence-corrected chi connectivity index (χ3v) is 5.19. The minimum atomic E-state index is -1.19. The van der Waals surface area contributed by atoms with Crippen LogP contribution in [-0.2, 0) is 10.3 Å². The molecule has 0 saturated carbocycles. The van der Waals surface area contributed by atoms with Crippen molar-refractivity contribution in [1.82, 2.24) is 0 Å². The molecule has 1 unspecified atom stereocenters. The van der Waals surface area contributed by atoms with Gasteiger partial charge in [0.25, 0.3) is 0 Å². The molecule has 0 fully saturated rings. The van der Waals surface area contributed by atoms with Crippen molar-refractivity contribution in [2.75, 3.05) is 13.2 Å². The number of nitrogens with zero attached hydrogens (tertiary/aromatic N) is 3. The van der Waals surface area contributed by atoms with Crippen LogP contribution < -0.4 is 9.47 Å². The Morgan fingerprint density at radius 3 is 2.63 bits per heavy atom. The SMILES string of the molecule is [N-]=[N+]=NCCOc1ccc2c(c1)Oc1cc(O)ccc1C21OC(=O)c2ccccc21. The summed E-state index contributed by atoms with van der Waals surface area (Å²) in [5.41, 5.74) is 9.67. The summed E-state index contributed by atoms with van der Waals surface area (Å²) in [6.07, 6.45) is 0. The molecule has 8 heteroatoms. The number of esters is 1. The molecule has 0 aromatic heterocycles. The first-order chi connectivity index (χ1) is 14.6. The number of ether oxygens (including phenoxy) is 3. The van der Waals surface area contributed by atoms with E-state index in [2.05, 4.69) is 10.0 Å². The first kappa shape index (κ1) is 17.9. The number of phenolic OH excluding ortho intramolecular Hbond substituents is 1. The van der Waals surface area contributed by atoms with Crippen molar-refractivity contribution in [3.8, 4) is 23.0 Å². The Kier molecular flexibility index (Phi) is 4.01. The second-order valence-corrected chi connectivity index (χ2v) is 6.86. The predicted octanol–water partition coefficient (Wildman–Crippen LogP) is 4.65. The van der Waals surface area contributed by atoms with E-state index in [4.69, 9.17) is 19.7 Å². The van der Waals surface area contributed by atoms with Gasteiger partial charge in [0.15, 0.2) is 5.60 Å². The number of hydrogen-bond acceptors (Lipinski definition) is 6. The number of phenols is 1. The molecule has 1 atom stereocenters. The molecule has 0 amide bonds. The molecule has 3 aromatic rings. The summed E-state index contributed by atoms with van der Waals surface area (Å²) in [4.78, 5) is 15.4. The van der Waals surface area contributed by atoms with Gasteiger partial charge in [0.2, 0.25) is 0 Å². The molecule has 148 valence electrons. The van der Waals surface area contributed by atoms with Gasteiger partial charge in [-0.3, -0.25) is 0 Å². The lowest BCUT2D eigenvalue weighted by Gasteiger charge is -2.36. The van der Waals surface area contributed by atoms with Gasteiger partial charge in [0.05, 0.1) is 18.7 Å². The average molecular weight is 401 g/mol. The fourth-order valence-electron chi connectivity index (χ4n) is 3.98. The summed E-state index contributed by atoms with van der Waals surface area (Å²) in [5, 5.41) is 13.4. The molecule has 5 rings (SSSR count). The van der Waals surface area contributed by atoms with Crippen LogP contribution in [0.4, 0.5) is 0 Å². The van der Waals surface area contributed by atoms with Gasteiger partial charge in [0, 0.05) is 33.7 Å². The molecular formula is C22H15N3O5. The molecule has 2 aliphatic rings. The molecule has 2 heterocycles. The Bertz CT molecular complexity index is 1240. The molecule has 0 aliphatic carbocycles. The number of rotatable bonds is 4. The molecular weight excluding hydrogens is 386 g/mol. The maximum Gasteiger partial charge on any atom is 0.340 e. The topological polar surface area (TPSA) is 114 Å². The first-order valence-electron chi connectivity index (χ1n) is 9.26. The molecule has 3 aromatic carbocycles. The second-order valence-electron chi connectivity index (χ2n) is 6.86. The second kappa shape index (κ2) is 6.72. The molecule has 30 heavy (non-hydrogen) atoms. The van der Waals surface area contributed by atoms with Crippen LogP contribution >= 0.6 is 0 Å². The van der Waals surface area contributed by atoms with E-state index < -0.39 is 11.6 Å². The van der Waals surface area contributed by atoms with E-state index in [9.17, 15) is 9.90 Å². The van der Waals surface area contributed by atoms with E-state index in [0.29, 0.717) is 39.5 Å². The van der Waals surface area contributed by atoms with Crippen LogP contribution in [0.3, 0.4) is 0 Å². The van der Waals surface area contributed by atoms with Crippen molar-refractivity contribution in [3.05, 3.63) is 93.4 Å². The van der Waals surface area contributed by atoms with E-state index in [0.717, 1.165) is 0 Å². The molecule has 8 nitrogen and oxygen atoms in total. The molecule has 0 radical (unpaired) electrons. The maximum atomic E-state index is 12.7. The number of carbonyl (C=O) groups excluding carboxylic acids is 1. The highest BCUT2D eigenvalue weighted by atomic mass is 16.6. The first-order valence-corrected chi connectivity index (χ1v) is 9.26. The third kappa shape index (κ3) is 2.55. The Balaban J connectivity index is 1.68. The van der Waals surface area contributed by atoms with Crippen molar-refractivity contribution in [2.45, 2.75) is 5.60 Å². The van der Waals surface area contributed by atoms with Crippen molar-refractivity contribution < 1.29 is 24.1 Å². The average Bonchev–Trinajstić information content (AvgIpc) is 3.04. The molecule has 2 aliphatic heterocycles. The Morgan fingerprint density at radius 1 is 1.03 bits per heavy atom. The molecule has 0 saturated heterocycles. The van der Waals surface area contributed by atoms with Gasteiger partial charge in [-0.1, -0.05) is 23.3 Å². The third-order valence-electron chi connectivity index (χ3n) is 5.19. The van der Waals surface area contributed by atoms with E-state index in [-0.39, 0.29) is 18.9 Å². The van der Waals surface area contributed by atoms with Gasteiger partial charge in [0.1, 0.15) is 23.0 Å². The minimum Gasteiger partial charge on any atom is -0.508 e. The zero-order chi connectivity index (χ0) is 20.7. The van der Waals surface area contributed by atoms with E-state index in [1.807, 2.05) is 12.1 Å². The monoisotopic (exact) mass is 401 g/mol. The van der Waals surface area contributed by atoms with Crippen LogP contribution in [0.25, 0.3) is 10.4 Å². The maximum absolute atomic E-state index is 12.7. The normalized spacial score (nSPS) is 17.8. The highest BCUT2D eigenvalue weighted by molar-refractivity contribution is 5.97. The number of azide groups is 1. The summed E-state index contributed by atoms with van der Waals surface area (Å²) >= 11 is 0. The lowest BCUT2D eigenvalue weighted by Crippen LogP contribution is -2.32. The zero-order valence-corrected chi connectivity index (χ0v) is 15.6. The Hall–Kier alpha value is -4.16. The number of fused-ring (bicyclic) bond motifs is 6. The van der Waals surface area contributed by atoms with Crippen molar-refractivity contribution in [3.63, 3.8) is 0 Å². The Labute approximate surface area is 170 Å². The molecule has 0 bridgehead atoms. The quantitative estimate of drug-likeness (QED) is 0.225. The summed E-state index contributed by atoms with van der Waals surface area (Å²) < 4.78 is 17.7. The van der Waals surface area contributed by atoms with E-state index >= 15 is 0 Å². The highest BCUT2D eigenvalue weighted by Crippen LogP contribution is 2.56. The highest BCUT2D eigenvalue weighted by Gasteiger charge is 2.53. The Morgan fingerprint density at radius 2 is 1.80 bits per heavy atom. The fraction of sp³-hybridized carbons (Fsp3) is 0.136. The molecule has 1 spiro atoms. The van der Waals surface area contributed by atoms with Crippen molar-refractivity contribution in [2.24, 2.45) is 5.11 Å². The van der Waals surface area contributed by atoms with E-state index in [1.54, 1.807) is 36.4 Å². The number of aromatic hydroxyl groups is 1. The smallest absolute Gasteiger partial charge is 0.340 e.